The standard InChI is InChI=1S/C27H21N3O4/c1-34-23-10-4-7-20(25(23)31)15-28-29-26(32)19-13-11-17(12-14-19)16-30-22-9-3-6-18-5-2-8-21(24(18)22)27(30)33/h2-15,31H,16H2,1H3,(H,29,32). The summed E-state index contributed by atoms with van der Waals surface area (Å²) in [4.78, 5) is 27.2. The highest BCUT2D eigenvalue weighted by molar-refractivity contribution is 6.24. The number of para-hydroxylation sites is 1. The quantitative estimate of drug-likeness (QED) is 0.334. The van der Waals surface area contributed by atoms with Crippen molar-refractivity contribution >= 4 is 34.5 Å². The third kappa shape index (κ3) is 3.73. The molecule has 0 fully saturated rings. The van der Waals surface area contributed by atoms with Crippen LogP contribution >= 0.6 is 0 Å². The molecule has 0 radical (unpaired) electrons. The number of nitrogens with zero attached hydrogens (tertiary/aromatic N) is 2. The van der Waals surface area contributed by atoms with Gasteiger partial charge in [0.1, 0.15) is 0 Å². The number of hydrogen-bond acceptors (Lipinski definition) is 5. The van der Waals surface area contributed by atoms with Gasteiger partial charge in [-0.1, -0.05) is 42.5 Å². The average Bonchev–Trinajstić information content (AvgIpc) is 3.13. The number of nitrogens with one attached hydrogen (secondary N) is 1. The Bertz CT molecular complexity index is 1440. The van der Waals surface area contributed by atoms with E-state index in [2.05, 4.69) is 10.5 Å². The number of carbonyl (C=O) groups excluding carboxylic acids is 2. The highest BCUT2D eigenvalue weighted by Gasteiger charge is 2.29. The zero-order chi connectivity index (χ0) is 23.7. The molecule has 0 aliphatic carbocycles. The van der Waals surface area contributed by atoms with Crippen LogP contribution in [-0.4, -0.2) is 30.2 Å². The van der Waals surface area contributed by atoms with E-state index in [0.717, 1.165) is 22.0 Å². The molecule has 2 N–H and O–H groups in total. The second-order valence-electron chi connectivity index (χ2n) is 7.87. The van der Waals surface area contributed by atoms with Crippen LogP contribution in [0.15, 0.2) is 84.0 Å². The summed E-state index contributed by atoms with van der Waals surface area (Å²) in [5.41, 5.74) is 5.81. The lowest BCUT2D eigenvalue weighted by molar-refractivity contribution is 0.0953. The molecule has 168 valence electrons. The molecular formula is C27H21N3O4. The molecule has 1 aliphatic rings. The van der Waals surface area contributed by atoms with Gasteiger partial charge in [0.05, 0.1) is 25.6 Å². The molecule has 5 rings (SSSR count). The van der Waals surface area contributed by atoms with Gasteiger partial charge in [-0.2, -0.15) is 5.10 Å². The molecule has 0 saturated carbocycles. The van der Waals surface area contributed by atoms with Crippen LogP contribution in [0.5, 0.6) is 11.5 Å². The fraction of sp³-hybridized carbons (Fsp3) is 0.0741. The van der Waals surface area contributed by atoms with E-state index in [0.29, 0.717) is 29.0 Å². The van der Waals surface area contributed by atoms with E-state index in [1.54, 1.807) is 35.2 Å². The first-order valence-corrected chi connectivity index (χ1v) is 10.7. The van der Waals surface area contributed by atoms with Crippen molar-refractivity contribution in [3.63, 3.8) is 0 Å². The van der Waals surface area contributed by atoms with Gasteiger partial charge in [-0.3, -0.25) is 9.59 Å². The van der Waals surface area contributed by atoms with Crippen molar-refractivity contribution in [1.29, 1.82) is 0 Å². The molecule has 4 aromatic rings. The topological polar surface area (TPSA) is 91.2 Å². The van der Waals surface area contributed by atoms with E-state index in [9.17, 15) is 14.7 Å². The molecule has 7 heteroatoms. The van der Waals surface area contributed by atoms with Gasteiger partial charge in [-0.25, -0.2) is 5.43 Å². The Morgan fingerprint density at radius 3 is 2.53 bits per heavy atom. The van der Waals surface area contributed by atoms with Crippen LogP contribution in [0.1, 0.15) is 31.8 Å². The van der Waals surface area contributed by atoms with Crippen LogP contribution in [0.25, 0.3) is 10.8 Å². The van der Waals surface area contributed by atoms with Gasteiger partial charge in [0.15, 0.2) is 11.5 Å². The minimum Gasteiger partial charge on any atom is -0.504 e. The smallest absolute Gasteiger partial charge is 0.271 e. The van der Waals surface area contributed by atoms with Crippen molar-refractivity contribution in [2.45, 2.75) is 6.54 Å². The first-order valence-electron chi connectivity index (χ1n) is 10.7. The number of anilines is 1. The van der Waals surface area contributed by atoms with Gasteiger partial charge in [0, 0.05) is 22.1 Å². The SMILES string of the molecule is COc1cccc(C=NNC(=O)c2ccc(CN3C(=O)c4cccc5cccc3c45)cc2)c1O. The highest BCUT2D eigenvalue weighted by Crippen LogP contribution is 2.38. The number of methoxy groups -OCH3 is 1. The van der Waals surface area contributed by atoms with Crippen LogP contribution < -0.4 is 15.1 Å². The lowest BCUT2D eigenvalue weighted by Crippen LogP contribution is -2.26. The minimum absolute atomic E-state index is 0.0243. The van der Waals surface area contributed by atoms with Crippen molar-refractivity contribution in [1.82, 2.24) is 5.43 Å². The number of ether oxygens (including phenoxy) is 1. The lowest BCUT2D eigenvalue weighted by atomic mass is 10.1. The predicted octanol–water partition coefficient (Wildman–Crippen LogP) is 4.48. The van der Waals surface area contributed by atoms with E-state index >= 15 is 0 Å². The maximum absolute atomic E-state index is 13.0. The number of hydrazone groups is 1. The second kappa shape index (κ2) is 8.71. The van der Waals surface area contributed by atoms with Gasteiger partial charge in [0.25, 0.3) is 11.8 Å². The molecule has 0 saturated heterocycles. The molecule has 34 heavy (non-hydrogen) atoms. The molecule has 7 nitrogen and oxygen atoms in total. The Kier molecular flexibility index (Phi) is 5.43. The zero-order valence-corrected chi connectivity index (χ0v) is 18.4. The molecular weight excluding hydrogens is 430 g/mol. The van der Waals surface area contributed by atoms with Crippen molar-refractivity contribution in [3.8, 4) is 11.5 Å². The molecule has 0 atom stereocenters. The number of phenolic OH excluding ortho intramolecular Hbond substituents is 1. The summed E-state index contributed by atoms with van der Waals surface area (Å²) in [5, 5.41) is 16.0. The Balaban J connectivity index is 1.27. The zero-order valence-electron chi connectivity index (χ0n) is 18.4. The summed E-state index contributed by atoms with van der Waals surface area (Å²) in [6, 6.07) is 23.7. The van der Waals surface area contributed by atoms with Crippen molar-refractivity contribution < 1.29 is 19.4 Å². The van der Waals surface area contributed by atoms with Crippen LogP contribution in [0, 0.1) is 0 Å². The van der Waals surface area contributed by atoms with E-state index in [4.69, 9.17) is 4.74 Å². The monoisotopic (exact) mass is 451 g/mol. The molecule has 2 amide bonds. The second-order valence-corrected chi connectivity index (χ2v) is 7.87. The van der Waals surface area contributed by atoms with Gasteiger partial charge in [-0.05, 0) is 47.3 Å². The Labute approximate surface area is 195 Å². The van der Waals surface area contributed by atoms with Crippen molar-refractivity contribution in [3.05, 3.63) is 101 Å². The van der Waals surface area contributed by atoms with Crippen LogP contribution in [0.3, 0.4) is 0 Å². The number of aromatic hydroxyl groups is 1. The van der Waals surface area contributed by atoms with E-state index < -0.39 is 0 Å². The number of phenols is 1. The third-order valence-electron chi connectivity index (χ3n) is 5.83. The molecule has 4 aromatic carbocycles. The summed E-state index contributed by atoms with van der Waals surface area (Å²) in [5.74, 6) is -0.147. The fourth-order valence-electron chi connectivity index (χ4n) is 4.11. The number of hydrogen-bond donors (Lipinski definition) is 2. The lowest BCUT2D eigenvalue weighted by Gasteiger charge is -2.18. The van der Waals surface area contributed by atoms with Crippen LogP contribution in [0.4, 0.5) is 5.69 Å². The predicted molar refractivity (Wildman–Crippen MR) is 131 cm³/mol. The highest BCUT2D eigenvalue weighted by atomic mass is 16.5. The van der Waals surface area contributed by atoms with Gasteiger partial charge >= 0.3 is 0 Å². The normalized spacial score (nSPS) is 12.5. The van der Waals surface area contributed by atoms with Crippen molar-refractivity contribution in [2.24, 2.45) is 5.10 Å². The van der Waals surface area contributed by atoms with Crippen LogP contribution in [-0.2, 0) is 6.54 Å². The number of carbonyl (C=O) groups is 2. The molecule has 0 spiro atoms. The van der Waals surface area contributed by atoms with Gasteiger partial charge < -0.3 is 14.7 Å². The minimum atomic E-state index is -0.389. The van der Waals surface area contributed by atoms with Gasteiger partial charge in [0.2, 0.25) is 0 Å². The maximum Gasteiger partial charge on any atom is 0.271 e. The van der Waals surface area contributed by atoms with E-state index in [1.807, 2.05) is 48.5 Å². The third-order valence-corrected chi connectivity index (χ3v) is 5.83. The summed E-state index contributed by atoms with van der Waals surface area (Å²) in [6.45, 7) is 0.405. The molecule has 0 bridgehead atoms. The number of amides is 2. The Morgan fingerprint density at radius 1 is 1.03 bits per heavy atom. The first-order chi connectivity index (χ1) is 16.6. The van der Waals surface area contributed by atoms with Crippen LogP contribution in [0.2, 0.25) is 0 Å². The summed E-state index contributed by atoms with van der Waals surface area (Å²) < 4.78 is 5.06. The maximum atomic E-state index is 13.0. The Hall–Kier alpha value is -4.65. The number of rotatable bonds is 6. The van der Waals surface area contributed by atoms with E-state index in [1.165, 1.54) is 13.3 Å². The molecule has 1 aliphatic heterocycles. The summed E-state index contributed by atoms with van der Waals surface area (Å²) in [7, 11) is 1.46. The fourth-order valence-corrected chi connectivity index (χ4v) is 4.11. The molecule has 0 aromatic heterocycles. The summed E-state index contributed by atoms with van der Waals surface area (Å²) in [6.07, 6.45) is 1.35. The first kappa shape index (κ1) is 21.2. The molecule has 0 unspecified atom stereocenters. The molecule has 1 heterocycles. The number of benzene rings is 4. The summed E-state index contributed by atoms with van der Waals surface area (Å²) >= 11 is 0. The largest absolute Gasteiger partial charge is 0.504 e. The van der Waals surface area contributed by atoms with Gasteiger partial charge in [-0.15, -0.1) is 0 Å². The van der Waals surface area contributed by atoms with E-state index in [-0.39, 0.29) is 17.6 Å². The Morgan fingerprint density at radius 2 is 1.76 bits per heavy atom. The average molecular weight is 451 g/mol. The van der Waals surface area contributed by atoms with Crippen molar-refractivity contribution in [2.75, 3.05) is 12.0 Å².